The van der Waals surface area contributed by atoms with E-state index in [9.17, 15) is 9.90 Å². The highest BCUT2D eigenvalue weighted by Crippen LogP contribution is 2.39. The van der Waals surface area contributed by atoms with Gasteiger partial charge in [-0.05, 0) is 18.1 Å². The fourth-order valence-electron chi connectivity index (χ4n) is 2.06. The highest BCUT2D eigenvalue weighted by Gasteiger charge is 2.34. The quantitative estimate of drug-likeness (QED) is 0.851. The van der Waals surface area contributed by atoms with Gasteiger partial charge in [0.15, 0.2) is 0 Å². The molecule has 1 fully saturated rings. The van der Waals surface area contributed by atoms with E-state index in [0.717, 1.165) is 11.1 Å². The topological polar surface area (TPSA) is 60.8 Å². The van der Waals surface area contributed by atoms with Gasteiger partial charge in [0.1, 0.15) is 5.37 Å². The van der Waals surface area contributed by atoms with Crippen LogP contribution in [0.2, 0.25) is 0 Å². The standard InChI is InChI=1S/C13H17NO3S/c1-9-4-2-3-5-11(9)13-14(6-10(16)7-15)12(17)8-18-13/h2-5,10,13,15-16H,6-8H2,1H3. The number of thioether (sulfide) groups is 1. The first-order chi connectivity index (χ1) is 8.63. The zero-order chi connectivity index (χ0) is 13.1. The lowest BCUT2D eigenvalue weighted by Gasteiger charge is -2.27. The Balaban J connectivity index is 2.21. The van der Waals surface area contributed by atoms with Gasteiger partial charge in [0.05, 0.1) is 25.0 Å². The number of amides is 1. The molecule has 5 heteroatoms. The van der Waals surface area contributed by atoms with Crippen LogP contribution in [0, 0.1) is 6.92 Å². The minimum absolute atomic E-state index is 0.0146. The van der Waals surface area contributed by atoms with E-state index in [-0.39, 0.29) is 24.4 Å². The molecule has 1 aliphatic heterocycles. The highest BCUT2D eigenvalue weighted by molar-refractivity contribution is 8.00. The molecule has 1 heterocycles. The fraction of sp³-hybridized carbons (Fsp3) is 0.462. The number of hydrogen-bond acceptors (Lipinski definition) is 4. The van der Waals surface area contributed by atoms with Crippen molar-refractivity contribution >= 4 is 17.7 Å². The monoisotopic (exact) mass is 267 g/mol. The molecule has 1 amide bonds. The van der Waals surface area contributed by atoms with Gasteiger partial charge in [0, 0.05) is 0 Å². The first-order valence-corrected chi connectivity index (χ1v) is 6.94. The second-order valence-corrected chi connectivity index (χ2v) is 5.47. The predicted octanol–water partition coefficient (Wildman–Crippen LogP) is 0.922. The van der Waals surface area contributed by atoms with Crippen LogP contribution in [0.1, 0.15) is 16.5 Å². The lowest BCUT2D eigenvalue weighted by molar-refractivity contribution is -0.129. The van der Waals surface area contributed by atoms with E-state index >= 15 is 0 Å². The first-order valence-electron chi connectivity index (χ1n) is 5.89. The Morgan fingerprint density at radius 3 is 2.89 bits per heavy atom. The van der Waals surface area contributed by atoms with Gasteiger partial charge >= 0.3 is 0 Å². The Kier molecular flexibility index (Phi) is 4.27. The lowest BCUT2D eigenvalue weighted by Crippen LogP contribution is -2.37. The Morgan fingerprint density at radius 2 is 2.22 bits per heavy atom. The Hall–Kier alpha value is -1.04. The van der Waals surface area contributed by atoms with Gasteiger partial charge in [0.2, 0.25) is 5.91 Å². The summed E-state index contributed by atoms with van der Waals surface area (Å²) in [6.45, 7) is 1.87. The van der Waals surface area contributed by atoms with Crippen molar-refractivity contribution < 1.29 is 15.0 Å². The molecule has 18 heavy (non-hydrogen) atoms. The van der Waals surface area contributed by atoms with Gasteiger partial charge in [0.25, 0.3) is 0 Å². The van der Waals surface area contributed by atoms with Gasteiger partial charge in [-0.1, -0.05) is 24.3 Å². The van der Waals surface area contributed by atoms with Crippen molar-refractivity contribution in [3.63, 3.8) is 0 Å². The third kappa shape index (κ3) is 2.68. The van der Waals surface area contributed by atoms with Crippen LogP contribution >= 0.6 is 11.8 Å². The molecular weight excluding hydrogens is 250 g/mol. The molecule has 1 aliphatic rings. The SMILES string of the molecule is Cc1ccccc1C1SCC(=O)N1CC(O)CO. The van der Waals surface area contributed by atoms with Crippen molar-refractivity contribution in [2.45, 2.75) is 18.4 Å². The molecule has 0 radical (unpaired) electrons. The summed E-state index contributed by atoms with van der Waals surface area (Å²) in [5.74, 6) is 0.442. The molecule has 1 saturated heterocycles. The zero-order valence-electron chi connectivity index (χ0n) is 10.2. The maximum Gasteiger partial charge on any atom is 0.233 e. The lowest BCUT2D eigenvalue weighted by atomic mass is 10.1. The molecular formula is C13H17NO3S. The molecule has 0 bridgehead atoms. The van der Waals surface area contributed by atoms with Crippen LogP contribution in [-0.4, -0.2) is 46.0 Å². The summed E-state index contributed by atoms with van der Waals surface area (Å²) in [6, 6.07) is 7.93. The molecule has 2 unspecified atom stereocenters. The molecule has 98 valence electrons. The molecule has 2 atom stereocenters. The van der Waals surface area contributed by atoms with E-state index in [1.54, 1.807) is 16.7 Å². The summed E-state index contributed by atoms with van der Waals surface area (Å²) in [5, 5.41) is 18.4. The molecule has 0 spiro atoms. The smallest absolute Gasteiger partial charge is 0.233 e. The molecule has 2 N–H and O–H groups in total. The van der Waals surface area contributed by atoms with Crippen molar-refractivity contribution in [3.8, 4) is 0 Å². The van der Waals surface area contributed by atoms with Crippen LogP contribution in [-0.2, 0) is 4.79 Å². The second kappa shape index (κ2) is 5.73. The van der Waals surface area contributed by atoms with Crippen LogP contribution in [0.15, 0.2) is 24.3 Å². The average Bonchev–Trinajstić information content (AvgIpc) is 2.72. The summed E-state index contributed by atoms with van der Waals surface area (Å²) >= 11 is 1.56. The summed E-state index contributed by atoms with van der Waals surface area (Å²) in [4.78, 5) is 13.5. The van der Waals surface area contributed by atoms with Crippen LogP contribution in [0.5, 0.6) is 0 Å². The third-order valence-corrected chi connectivity index (χ3v) is 4.28. The number of aliphatic hydroxyl groups is 2. The number of benzene rings is 1. The van der Waals surface area contributed by atoms with Crippen molar-refractivity contribution in [2.75, 3.05) is 18.9 Å². The van der Waals surface area contributed by atoms with Crippen molar-refractivity contribution in [1.29, 1.82) is 0 Å². The maximum absolute atomic E-state index is 11.8. The number of β-amino-alcohol motifs (C(OH)–C–C–N with tert-alkyl or cyclic N) is 1. The van der Waals surface area contributed by atoms with E-state index in [1.165, 1.54) is 0 Å². The Bertz CT molecular complexity index is 438. The van der Waals surface area contributed by atoms with E-state index in [1.807, 2.05) is 31.2 Å². The Morgan fingerprint density at radius 1 is 1.50 bits per heavy atom. The van der Waals surface area contributed by atoms with Crippen molar-refractivity contribution in [3.05, 3.63) is 35.4 Å². The number of hydrogen-bond donors (Lipinski definition) is 2. The number of aliphatic hydroxyl groups excluding tert-OH is 2. The summed E-state index contributed by atoms with van der Waals surface area (Å²) in [5.41, 5.74) is 2.23. The van der Waals surface area contributed by atoms with Gasteiger partial charge in [-0.15, -0.1) is 11.8 Å². The summed E-state index contributed by atoms with van der Waals surface area (Å²) < 4.78 is 0. The minimum Gasteiger partial charge on any atom is -0.394 e. The maximum atomic E-state index is 11.8. The number of aryl methyl sites for hydroxylation is 1. The average molecular weight is 267 g/mol. The highest BCUT2D eigenvalue weighted by atomic mass is 32.2. The van der Waals surface area contributed by atoms with E-state index in [2.05, 4.69) is 0 Å². The van der Waals surface area contributed by atoms with Gasteiger partial charge in [-0.3, -0.25) is 4.79 Å². The number of rotatable bonds is 4. The first kappa shape index (κ1) is 13.4. The number of nitrogens with zero attached hydrogens (tertiary/aromatic N) is 1. The van der Waals surface area contributed by atoms with Crippen LogP contribution in [0.3, 0.4) is 0 Å². The third-order valence-electron chi connectivity index (χ3n) is 3.04. The zero-order valence-corrected chi connectivity index (χ0v) is 11.1. The van der Waals surface area contributed by atoms with Crippen LogP contribution in [0.4, 0.5) is 0 Å². The fourth-order valence-corrected chi connectivity index (χ4v) is 3.35. The molecule has 4 nitrogen and oxygen atoms in total. The van der Waals surface area contributed by atoms with E-state index in [4.69, 9.17) is 5.11 Å². The molecule has 0 saturated carbocycles. The van der Waals surface area contributed by atoms with Crippen LogP contribution < -0.4 is 0 Å². The van der Waals surface area contributed by atoms with Gasteiger partial charge in [-0.25, -0.2) is 0 Å². The normalized spacial score (nSPS) is 21.4. The van der Waals surface area contributed by atoms with Crippen molar-refractivity contribution in [2.24, 2.45) is 0 Å². The van der Waals surface area contributed by atoms with Crippen LogP contribution in [0.25, 0.3) is 0 Å². The minimum atomic E-state index is -0.876. The Labute approximate surface area is 111 Å². The molecule has 1 aromatic rings. The van der Waals surface area contributed by atoms with E-state index in [0.29, 0.717) is 5.75 Å². The predicted molar refractivity (Wildman–Crippen MR) is 71.2 cm³/mol. The number of carbonyl (C=O) groups excluding carboxylic acids is 1. The van der Waals surface area contributed by atoms with Gasteiger partial charge in [-0.2, -0.15) is 0 Å². The molecule has 0 aromatic heterocycles. The summed E-state index contributed by atoms with van der Waals surface area (Å²) in [7, 11) is 0. The molecule has 2 rings (SSSR count). The second-order valence-electron chi connectivity index (χ2n) is 4.40. The molecule has 1 aromatic carbocycles. The van der Waals surface area contributed by atoms with Crippen molar-refractivity contribution in [1.82, 2.24) is 4.90 Å². The summed E-state index contributed by atoms with van der Waals surface area (Å²) in [6.07, 6.45) is -0.876. The largest absolute Gasteiger partial charge is 0.394 e. The van der Waals surface area contributed by atoms with Gasteiger partial charge < -0.3 is 15.1 Å². The molecule has 0 aliphatic carbocycles. The number of carbonyl (C=O) groups is 1. The van der Waals surface area contributed by atoms with E-state index < -0.39 is 6.10 Å².